The molecule has 7 nitrogen and oxygen atoms in total. The van der Waals surface area contributed by atoms with Crippen LogP contribution in [0.1, 0.15) is 23.1 Å². The third-order valence-corrected chi connectivity index (χ3v) is 4.56. The lowest BCUT2D eigenvalue weighted by Gasteiger charge is -2.10. The topological polar surface area (TPSA) is 74.0 Å². The van der Waals surface area contributed by atoms with Gasteiger partial charge in [0.15, 0.2) is 6.73 Å². The second-order valence-corrected chi connectivity index (χ2v) is 6.70. The van der Waals surface area contributed by atoms with Gasteiger partial charge in [-0.3, -0.25) is 9.48 Å². The number of benzene rings is 1. The van der Waals surface area contributed by atoms with E-state index in [1.54, 1.807) is 41.2 Å². The molecule has 9 heteroatoms. The summed E-state index contributed by atoms with van der Waals surface area (Å²) in [6, 6.07) is 8.63. The van der Waals surface area contributed by atoms with E-state index in [1.807, 2.05) is 13.1 Å². The summed E-state index contributed by atoms with van der Waals surface area (Å²) in [4.78, 5) is 12.4. The predicted molar refractivity (Wildman–Crippen MR) is 101 cm³/mol. The molecular weight excluding hydrogens is 422 g/mol. The minimum Gasteiger partial charge on any atom is -0.471 e. The first-order valence-electron chi connectivity index (χ1n) is 7.97. The lowest BCUT2D eigenvalue weighted by Crippen LogP contribution is -2.27. The molecule has 1 amide bonds. The molecule has 1 aromatic carbocycles. The van der Waals surface area contributed by atoms with Gasteiger partial charge in [0, 0.05) is 24.0 Å². The zero-order chi connectivity index (χ0) is 18.5. The van der Waals surface area contributed by atoms with E-state index in [-0.39, 0.29) is 12.6 Å². The molecule has 0 spiro atoms. The first-order chi connectivity index (χ1) is 12.6. The van der Waals surface area contributed by atoms with Gasteiger partial charge in [0.05, 0.1) is 16.7 Å². The zero-order valence-electron chi connectivity index (χ0n) is 14.0. The van der Waals surface area contributed by atoms with Crippen LogP contribution in [0.15, 0.2) is 47.2 Å². The van der Waals surface area contributed by atoms with E-state index in [4.69, 9.17) is 16.3 Å². The highest BCUT2D eigenvalue weighted by molar-refractivity contribution is 9.10. The number of nitrogens with zero attached hydrogens (tertiary/aromatic N) is 4. The van der Waals surface area contributed by atoms with Crippen molar-refractivity contribution in [2.75, 3.05) is 0 Å². The summed E-state index contributed by atoms with van der Waals surface area (Å²) < 4.78 is 9.79. The van der Waals surface area contributed by atoms with Crippen molar-refractivity contribution < 1.29 is 9.53 Å². The maximum atomic E-state index is 12.4. The van der Waals surface area contributed by atoms with E-state index in [0.29, 0.717) is 23.0 Å². The number of nitrogens with one attached hydrogen (secondary N) is 1. The molecule has 1 N–H and O–H groups in total. The van der Waals surface area contributed by atoms with Gasteiger partial charge in [-0.15, -0.1) is 0 Å². The highest BCUT2D eigenvalue weighted by atomic mass is 79.9. The third kappa shape index (κ3) is 4.44. The van der Waals surface area contributed by atoms with Gasteiger partial charge in [-0.05, 0) is 53.2 Å². The van der Waals surface area contributed by atoms with Crippen molar-refractivity contribution >= 4 is 33.4 Å². The van der Waals surface area contributed by atoms with Crippen molar-refractivity contribution in [3.63, 3.8) is 0 Å². The molecule has 0 aliphatic carbocycles. The van der Waals surface area contributed by atoms with Crippen LogP contribution in [0.3, 0.4) is 0 Å². The monoisotopic (exact) mass is 437 g/mol. The number of ether oxygens (including phenoxy) is 1. The Morgan fingerprint density at radius 2 is 2.08 bits per heavy atom. The van der Waals surface area contributed by atoms with E-state index < -0.39 is 0 Å². The average Bonchev–Trinajstić information content (AvgIpc) is 3.25. The number of halogens is 2. The van der Waals surface area contributed by atoms with Gasteiger partial charge < -0.3 is 10.1 Å². The fraction of sp³-hybridized carbons (Fsp3) is 0.235. The van der Waals surface area contributed by atoms with Crippen LogP contribution < -0.4 is 10.1 Å². The molecular formula is C17H17BrClN5O2. The van der Waals surface area contributed by atoms with Gasteiger partial charge in [-0.25, -0.2) is 4.68 Å². The Hall–Kier alpha value is -2.32. The fourth-order valence-corrected chi connectivity index (χ4v) is 2.85. The molecule has 0 aliphatic heterocycles. The number of aromatic nitrogens is 4. The van der Waals surface area contributed by atoms with Gasteiger partial charge in [0.25, 0.3) is 5.91 Å². The Labute approximate surface area is 164 Å². The van der Waals surface area contributed by atoms with E-state index >= 15 is 0 Å². The largest absolute Gasteiger partial charge is 0.471 e. The van der Waals surface area contributed by atoms with Crippen molar-refractivity contribution in [2.24, 2.45) is 0 Å². The van der Waals surface area contributed by atoms with E-state index in [1.165, 1.54) is 4.68 Å². The van der Waals surface area contributed by atoms with Crippen molar-refractivity contribution in [3.8, 4) is 5.75 Å². The summed E-state index contributed by atoms with van der Waals surface area (Å²) in [5.74, 6) is 0.394. The number of amides is 1. The molecule has 0 saturated heterocycles. The highest BCUT2D eigenvalue weighted by Crippen LogP contribution is 2.16. The average molecular weight is 439 g/mol. The summed E-state index contributed by atoms with van der Waals surface area (Å²) in [6.45, 7) is 3.20. The van der Waals surface area contributed by atoms with Crippen LogP contribution in [0.5, 0.6) is 5.75 Å². The number of rotatable bonds is 7. The Kier molecular flexibility index (Phi) is 5.95. The molecule has 136 valence electrons. The van der Waals surface area contributed by atoms with Gasteiger partial charge in [0.1, 0.15) is 11.4 Å². The maximum Gasteiger partial charge on any atom is 0.270 e. The second-order valence-electron chi connectivity index (χ2n) is 5.41. The third-order valence-electron chi connectivity index (χ3n) is 3.64. The lowest BCUT2D eigenvalue weighted by atomic mass is 10.3. The number of carbonyl (C=O) groups excluding carboxylic acids is 1. The number of hydrogen-bond donors (Lipinski definition) is 1. The molecule has 0 fully saturated rings. The maximum absolute atomic E-state index is 12.4. The number of hydrogen-bond acceptors (Lipinski definition) is 4. The molecule has 0 unspecified atom stereocenters. The molecule has 2 heterocycles. The van der Waals surface area contributed by atoms with Crippen molar-refractivity contribution in [1.82, 2.24) is 24.9 Å². The Morgan fingerprint density at radius 3 is 2.77 bits per heavy atom. The Bertz CT molecular complexity index is 891. The Balaban J connectivity index is 1.60. The lowest BCUT2D eigenvalue weighted by molar-refractivity contribution is 0.0929. The number of aryl methyl sites for hydroxylation is 1. The molecule has 0 bridgehead atoms. The number of carbonyl (C=O) groups is 1. The molecule has 3 aromatic rings. The molecule has 3 rings (SSSR count). The molecule has 0 aliphatic rings. The molecule has 0 atom stereocenters. The molecule has 26 heavy (non-hydrogen) atoms. The van der Waals surface area contributed by atoms with Crippen LogP contribution in [0.4, 0.5) is 0 Å². The van der Waals surface area contributed by atoms with Crippen LogP contribution in [0.25, 0.3) is 0 Å². The van der Waals surface area contributed by atoms with Crippen molar-refractivity contribution in [3.05, 3.63) is 63.6 Å². The summed E-state index contributed by atoms with van der Waals surface area (Å²) in [5, 5.41) is 12.0. The van der Waals surface area contributed by atoms with E-state index in [2.05, 4.69) is 31.4 Å². The standard InChI is InChI=1S/C17H17BrClN5O2/c1-2-23-10-14(18)15(22-23)9-20-17(25)16-7-8-21-24(16)11-26-13-5-3-12(19)4-6-13/h3-8,10H,2,9,11H2,1H3,(H,20,25). The van der Waals surface area contributed by atoms with Gasteiger partial charge in [0.2, 0.25) is 0 Å². The minimum atomic E-state index is -0.250. The zero-order valence-corrected chi connectivity index (χ0v) is 16.4. The first-order valence-corrected chi connectivity index (χ1v) is 9.14. The van der Waals surface area contributed by atoms with E-state index in [0.717, 1.165) is 16.7 Å². The van der Waals surface area contributed by atoms with Crippen LogP contribution in [0, 0.1) is 0 Å². The van der Waals surface area contributed by atoms with Gasteiger partial charge in [-0.1, -0.05) is 11.6 Å². The molecule has 0 radical (unpaired) electrons. The fourth-order valence-electron chi connectivity index (χ4n) is 2.27. The van der Waals surface area contributed by atoms with Crippen LogP contribution >= 0.6 is 27.5 Å². The smallest absolute Gasteiger partial charge is 0.270 e. The van der Waals surface area contributed by atoms with Crippen molar-refractivity contribution in [1.29, 1.82) is 0 Å². The quantitative estimate of drug-likeness (QED) is 0.613. The Morgan fingerprint density at radius 1 is 1.31 bits per heavy atom. The summed E-state index contributed by atoms with van der Waals surface area (Å²) in [7, 11) is 0. The van der Waals surface area contributed by atoms with Gasteiger partial charge in [-0.2, -0.15) is 10.2 Å². The normalized spacial score (nSPS) is 10.7. The van der Waals surface area contributed by atoms with Crippen LogP contribution in [-0.4, -0.2) is 25.5 Å². The summed E-state index contributed by atoms with van der Waals surface area (Å²) in [5.41, 5.74) is 1.17. The minimum absolute atomic E-state index is 0.117. The predicted octanol–water partition coefficient (Wildman–Crippen LogP) is 3.48. The van der Waals surface area contributed by atoms with Crippen LogP contribution in [0.2, 0.25) is 5.02 Å². The summed E-state index contributed by atoms with van der Waals surface area (Å²) >= 11 is 9.29. The highest BCUT2D eigenvalue weighted by Gasteiger charge is 2.14. The molecule has 0 saturated carbocycles. The first kappa shape index (κ1) is 18.5. The van der Waals surface area contributed by atoms with Crippen LogP contribution in [-0.2, 0) is 19.8 Å². The molecule has 2 aromatic heterocycles. The van der Waals surface area contributed by atoms with Crippen molar-refractivity contribution in [2.45, 2.75) is 26.7 Å². The SMILES string of the molecule is CCn1cc(Br)c(CNC(=O)c2ccnn2COc2ccc(Cl)cc2)n1. The summed E-state index contributed by atoms with van der Waals surface area (Å²) in [6.07, 6.45) is 3.44. The van der Waals surface area contributed by atoms with Gasteiger partial charge >= 0.3 is 0 Å². The second kappa shape index (κ2) is 8.37. The van der Waals surface area contributed by atoms with E-state index in [9.17, 15) is 4.79 Å².